The lowest BCUT2D eigenvalue weighted by molar-refractivity contribution is -0.132. The average Bonchev–Trinajstić information content (AvgIpc) is 2.77. The van der Waals surface area contributed by atoms with Crippen LogP contribution in [-0.4, -0.2) is 37.3 Å². The Kier molecular flexibility index (Phi) is 2.71. The molecule has 0 N–H and O–H groups in total. The van der Waals surface area contributed by atoms with E-state index in [4.69, 9.17) is 9.57 Å². The molecule has 0 aromatic carbocycles. The SMILES string of the molecule is COC(=O)C1=NOC2(C=CC(OC)=CC2=O)C1. The molecule has 0 saturated heterocycles. The molecule has 17 heavy (non-hydrogen) atoms. The third kappa shape index (κ3) is 1.82. The van der Waals surface area contributed by atoms with Gasteiger partial charge in [-0.05, 0) is 12.2 Å². The summed E-state index contributed by atoms with van der Waals surface area (Å²) in [7, 11) is 2.71. The monoisotopic (exact) mass is 237 g/mol. The van der Waals surface area contributed by atoms with Crippen molar-refractivity contribution in [1.82, 2.24) is 0 Å². The second-order valence-corrected chi connectivity index (χ2v) is 3.64. The Hall–Kier alpha value is -2.11. The summed E-state index contributed by atoms with van der Waals surface area (Å²) in [5, 5.41) is 3.58. The van der Waals surface area contributed by atoms with Gasteiger partial charge in [-0.3, -0.25) is 4.79 Å². The van der Waals surface area contributed by atoms with E-state index in [0.717, 1.165) is 0 Å². The third-order valence-corrected chi connectivity index (χ3v) is 2.61. The first-order valence-corrected chi connectivity index (χ1v) is 4.94. The summed E-state index contributed by atoms with van der Waals surface area (Å²) in [5.41, 5.74) is -1.12. The van der Waals surface area contributed by atoms with Crippen molar-refractivity contribution in [3.63, 3.8) is 0 Å². The van der Waals surface area contributed by atoms with Crippen LogP contribution in [0.25, 0.3) is 0 Å². The Balaban J connectivity index is 2.17. The average molecular weight is 237 g/mol. The summed E-state index contributed by atoms with van der Waals surface area (Å²) in [4.78, 5) is 28.2. The number of allylic oxidation sites excluding steroid dienone is 1. The standard InChI is InChI=1S/C11H11NO5/c1-15-7-3-4-11(9(13)5-7)6-8(12-17-11)10(14)16-2/h3-5H,6H2,1-2H3. The summed E-state index contributed by atoms with van der Waals surface area (Å²) in [6.45, 7) is 0. The van der Waals surface area contributed by atoms with Gasteiger partial charge in [0.05, 0.1) is 20.6 Å². The van der Waals surface area contributed by atoms with E-state index < -0.39 is 11.6 Å². The number of carbonyl (C=O) groups is 2. The number of oxime groups is 1. The molecule has 2 aliphatic rings. The number of carbonyl (C=O) groups excluding carboxylic acids is 2. The molecular weight excluding hydrogens is 226 g/mol. The zero-order valence-electron chi connectivity index (χ0n) is 9.43. The normalized spacial score (nSPS) is 26.4. The molecule has 1 aliphatic carbocycles. The highest BCUT2D eigenvalue weighted by Gasteiger charge is 2.46. The molecular formula is C11H11NO5. The van der Waals surface area contributed by atoms with Crippen LogP contribution in [-0.2, 0) is 23.9 Å². The fourth-order valence-electron chi connectivity index (χ4n) is 1.62. The molecule has 0 saturated carbocycles. The van der Waals surface area contributed by atoms with E-state index in [1.165, 1.54) is 26.4 Å². The van der Waals surface area contributed by atoms with Crippen molar-refractivity contribution >= 4 is 17.5 Å². The second kappa shape index (κ2) is 4.04. The van der Waals surface area contributed by atoms with Crippen LogP contribution >= 0.6 is 0 Å². The molecule has 1 spiro atoms. The molecule has 0 amide bonds. The van der Waals surface area contributed by atoms with E-state index in [2.05, 4.69) is 9.89 Å². The third-order valence-electron chi connectivity index (χ3n) is 2.61. The zero-order valence-corrected chi connectivity index (χ0v) is 9.43. The Morgan fingerprint density at radius 2 is 2.29 bits per heavy atom. The lowest BCUT2D eigenvalue weighted by Crippen LogP contribution is -2.38. The highest BCUT2D eigenvalue weighted by molar-refractivity contribution is 6.37. The van der Waals surface area contributed by atoms with Crippen molar-refractivity contribution in [3.05, 3.63) is 24.0 Å². The van der Waals surface area contributed by atoms with Gasteiger partial charge < -0.3 is 14.3 Å². The van der Waals surface area contributed by atoms with Crippen LogP contribution in [0.15, 0.2) is 29.1 Å². The van der Waals surface area contributed by atoms with Crippen molar-refractivity contribution in [3.8, 4) is 0 Å². The van der Waals surface area contributed by atoms with Gasteiger partial charge >= 0.3 is 5.97 Å². The number of hydrogen-bond acceptors (Lipinski definition) is 6. The van der Waals surface area contributed by atoms with Gasteiger partial charge in [0, 0.05) is 6.08 Å². The van der Waals surface area contributed by atoms with Crippen LogP contribution in [0.1, 0.15) is 6.42 Å². The van der Waals surface area contributed by atoms with E-state index in [1.54, 1.807) is 6.08 Å². The van der Waals surface area contributed by atoms with Gasteiger partial charge in [0.15, 0.2) is 5.71 Å². The molecule has 1 aliphatic heterocycles. The van der Waals surface area contributed by atoms with Crippen molar-refractivity contribution in [2.45, 2.75) is 12.0 Å². The molecule has 6 heteroatoms. The van der Waals surface area contributed by atoms with E-state index in [0.29, 0.717) is 5.76 Å². The Labute approximate surface area is 97.5 Å². The molecule has 1 unspecified atom stereocenters. The highest BCUT2D eigenvalue weighted by atomic mass is 16.7. The van der Waals surface area contributed by atoms with Crippen molar-refractivity contribution in [2.24, 2.45) is 5.16 Å². The fourth-order valence-corrected chi connectivity index (χ4v) is 1.62. The first-order chi connectivity index (χ1) is 8.11. The summed E-state index contributed by atoms with van der Waals surface area (Å²) in [5.74, 6) is -0.458. The largest absolute Gasteiger partial charge is 0.497 e. The van der Waals surface area contributed by atoms with Crippen LogP contribution in [0.2, 0.25) is 0 Å². The summed E-state index contributed by atoms with van der Waals surface area (Å²) in [6, 6.07) is 0. The molecule has 2 rings (SSSR count). The first kappa shape index (κ1) is 11.4. The number of nitrogens with zero attached hydrogens (tertiary/aromatic N) is 1. The number of rotatable bonds is 2. The summed E-state index contributed by atoms with van der Waals surface area (Å²) in [6.07, 6.45) is 4.53. The van der Waals surface area contributed by atoms with Crippen LogP contribution < -0.4 is 0 Å². The maximum absolute atomic E-state index is 11.9. The quantitative estimate of drug-likeness (QED) is 0.647. The van der Waals surface area contributed by atoms with Crippen LogP contribution in [0, 0.1) is 0 Å². The molecule has 6 nitrogen and oxygen atoms in total. The Morgan fingerprint density at radius 3 is 2.88 bits per heavy atom. The first-order valence-electron chi connectivity index (χ1n) is 4.94. The second-order valence-electron chi connectivity index (χ2n) is 3.64. The van der Waals surface area contributed by atoms with E-state index in [-0.39, 0.29) is 17.9 Å². The summed E-state index contributed by atoms with van der Waals surface area (Å²) >= 11 is 0. The smallest absolute Gasteiger partial charge is 0.356 e. The van der Waals surface area contributed by atoms with Gasteiger partial charge in [0.1, 0.15) is 5.76 Å². The molecule has 0 bridgehead atoms. The molecule has 0 radical (unpaired) electrons. The lowest BCUT2D eigenvalue weighted by atomic mass is 9.88. The van der Waals surface area contributed by atoms with Gasteiger partial charge in [0.25, 0.3) is 0 Å². The minimum absolute atomic E-state index is 0.0719. The number of hydrogen-bond donors (Lipinski definition) is 0. The van der Waals surface area contributed by atoms with Crippen LogP contribution in [0.3, 0.4) is 0 Å². The minimum atomic E-state index is -1.22. The van der Waals surface area contributed by atoms with Gasteiger partial charge in [-0.15, -0.1) is 0 Å². The predicted octanol–water partition coefficient (Wildman–Crippen LogP) is 0.344. The fraction of sp³-hybridized carbons (Fsp3) is 0.364. The Morgan fingerprint density at radius 1 is 1.53 bits per heavy atom. The zero-order chi connectivity index (χ0) is 12.5. The van der Waals surface area contributed by atoms with Gasteiger partial charge in [0.2, 0.25) is 11.4 Å². The van der Waals surface area contributed by atoms with E-state index >= 15 is 0 Å². The summed E-state index contributed by atoms with van der Waals surface area (Å²) < 4.78 is 9.45. The van der Waals surface area contributed by atoms with Gasteiger partial charge in [-0.25, -0.2) is 4.79 Å². The predicted molar refractivity (Wildman–Crippen MR) is 57.1 cm³/mol. The number of ether oxygens (including phenoxy) is 2. The lowest BCUT2D eigenvalue weighted by Gasteiger charge is -2.22. The van der Waals surface area contributed by atoms with Crippen molar-refractivity contribution < 1.29 is 23.9 Å². The number of methoxy groups -OCH3 is 2. The molecule has 1 atom stereocenters. The van der Waals surface area contributed by atoms with E-state index in [1.807, 2.05) is 0 Å². The van der Waals surface area contributed by atoms with Gasteiger partial charge in [-0.2, -0.15) is 0 Å². The molecule has 0 aromatic heterocycles. The number of esters is 1. The molecule has 0 fully saturated rings. The van der Waals surface area contributed by atoms with Gasteiger partial charge in [-0.1, -0.05) is 5.16 Å². The Bertz CT molecular complexity index is 462. The van der Waals surface area contributed by atoms with Crippen molar-refractivity contribution in [2.75, 3.05) is 14.2 Å². The number of ketones is 1. The van der Waals surface area contributed by atoms with Crippen molar-refractivity contribution in [1.29, 1.82) is 0 Å². The maximum Gasteiger partial charge on any atom is 0.356 e. The molecule has 90 valence electrons. The minimum Gasteiger partial charge on any atom is -0.497 e. The highest BCUT2D eigenvalue weighted by Crippen LogP contribution is 2.31. The molecule has 0 aromatic rings. The topological polar surface area (TPSA) is 74.2 Å². The maximum atomic E-state index is 11.9. The molecule has 1 heterocycles. The van der Waals surface area contributed by atoms with Crippen LogP contribution in [0.4, 0.5) is 0 Å². The van der Waals surface area contributed by atoms with E-state index in [9.17, 15) is 9.59 Å². The van der Waals surface area contributed by atoms with Crippen LogP contribution in [0.5, 0.6) is 0 Å².